The predicted molar refractivity (Wildman–Crippen MR) is 76.3 cm³/mol. The van der Waals surface area contributed by atoms with E-state index in [0.29, 0.717) is 14.5 Å². The summed E-state index contributed by atoms with van der Waals surface area (Å²) in [4.78, 5) is 11.9. The fraction of sp³-hybridized carbons (Fsp3) is 0.0769. The van der Waals surface area contributed by atoms with Crippen LogP contribution < -0.4 is 5.56 Å². The van der Waals surface area contributed by atoms with Gasteiger partial charge in [0.2, 0.25) is 0 Å². The van der Waals surface area contributed by atoms with Crippen LogP contribution in [0.15, 0.2) is 44.2 Å². The molecule has 0 saturated carbocycles. The molecule has 0 radical (unpaired) electrons. The Morgan fingerprint density at radius 2 is 2.05 bits per heavy atom. The van der Waals surface area contributed by atoms with E-state index in [9.17, 15) is 9.18 Å². The average molecular weight is 386 g/mol. The van der Waals surface area contributed by atoms with Gasteiger partial charge in [-0.15, -0.1) is 0 Å². The number of hydrogen-bond donors (Lipinski definition) is 0. The number of nitriles is 1. The Kier molecular flexibility index (Phi) is 4.17. The summed E-state index contributed by atoms with van der Waals surface area (Å²) in [5, 5.41) is 8.68. The van der Waals surface area contributed by atoms with Crippen molar-refractivity contribution in [1.29, 1.82) is 5.26 Å². The molecule has 0 fully saturated rings. The maximum Gasteiger partial charge on any atom is 0.265 e. The van der Waals surface area contributed by atoms with Crippen LogP contribution in [-0.2, 0) is 6.54 Å². The van der Waals surface area contributed by atoms with Crippen LogP contribution in [0, 0.1) is 17.1 Å². The van der Waals surface area contributed by atoms with E-state index in [1.54, 1.807) is 12.3 Å². The topological polar surface area (TPSA) is 45.8 Å². The van der Waals surface area contributed by atoms with Crippen molar-refractivity contribution in [2.75, 3.05) is 0 Å². The number of halogens is 3. The number of pyridine rings is 1. The van der Waals surface area contributed by atoms with E-state index in [2.05, 4.69) is 31.9 Å². The lowest BCUT2D eigenvalue weighted by molar-refractivity contribution is 0.595. The molecule has 2 rings (SSSR count). The van der Waals surface area contributed by atoms with Gasteiger partial charge in [-0.2, -0.15) is 5.26 Å². The summed E-state index contributed by atoms with van der Waals surface area (Å²) in [6, 6.07) is 7.69. The molecule has 0 aliphatic rings. The van der Waals surface area contributed by atoms with Crippen LogP contribution in [-0.4, -0.2) is 4.57 Å². The molecule has 0 aliphatic carbocycles. The Hall–Kier alpha value is -1.45. The fourth-order valence-electron chi connectivity index (χ4n) is 1.61. The maximum atomic E-state index is 13.8. The minimum atomic E-state index is -0.498. The normalized spacial score (nSPS) is 10.2. The molecule has 3 nitrogen and oxygen atoms in total. The highest BCUT2D eigenvalue weighted by atomic mass is 79.9. The second kappa shape index (κ2) is 5.68. The fourth-order valence-corrected chi connectivity index (χ4v) is 2.87. The molecule has 0 atom stereocenters. The number of benzene rings is 1. The summed E-state index contributed by atoms with van der Waals surface area (Å²) >= 11 is 6.43. The van der Waals surface area contributed by atoms with E-state index in [0.717, 1.165) is 6.07 Å². The van der Waals surface area contributed by atoms with Gasteiger partial charge in [0, 0.05) is 16.2 Å². The molecule has 1 heterocycles. The maximum absolute atomic E-state index is 13.8. The summed E-state index contributed by atoms with van der Waals surface area (Å²) in [7, 11) is 0. The lowest BCUT2D eigenvalue weighted by Crippen LogP contribution is -2.21. The molecule has 1 aromatic carbocycles. The van der Waals surface area contributed by atoms with Crippen molar-refractivity contribution in [3.63, 3.8) is 0 Å². The van der Waals surface area contributed by atoms with Crippen LogP contribution in [0.25, 0.3) is 0 Å². The third-order valence-corrected chi connectivity index (χ3v) is 3.53. The third-order valence-electron chi connectivity index (χ3n) is 2.53. The molecule has 1 aromatic heterocycles. The second-order valence-corrected chi connectivity index (χ2v) is 5.63. The standard InChI is InChI=1S/C13H7Br2FN2O/c14-10-4-11(15)13(19)18(7-10)6-9-2-1-8(5-17)3-12(9)16/h1-4,7H,6H2. The van der Waals surface area contributed by atoms with Crippen molar-refractivity contribution in [3.05, 3.63) is 66.7 Å². The number of nitrogens with zero attached hydrogens (tertiary/aromatic N) is 2. The molecule has 0 aliphatic heterocycles. The van der Waals surface area contributed by atoms with E-state index in [4.69, 9.17) is 5.26 Å². The molecule has 2 aromatic rings. The average Bonchev–Trinajstić information content (AvgIpc) is 2.37. The van der Waals surface area contributed by atoms with E-state index in [1.165, 1.54) is 16.7 Å². The minimum absolute atomic E-state index is 0.106. The van der Waals surface area contributed by atoms with E-state index < -0.39 is 5.82 Å². The van der Waals surface area contributed by atoms with Crippen molar-refractivity contribution in [2.24, 2.45) is 0 Å². The predicted octanol–water partition coefficient (Wildman–Crippen LogP) is 3.43. The molecule has 0 amide bonds. The number of aromatic nitrogens is 1. The molecular formula is C13H7Br2FN2O. The van der Waals surface area contributed by atoms with Crippen molar-refractivity contribution >= 4 is 31.9 Å². The van der Waals surface area contributed by atoms with Gasteiger partial charge in [0.1, 0.15) is 5.82 Å². The van der Waals surface area contributed by atoms with Crippen LogP contribution in [0.4, 0.5) is 4.39 Å². The zero-order chi connectivity index (χ0) is 14.0. The van der Waals surface area contributed by atoms with Gasteiger partial charge in [-0.05, 0) is 50.1 Å². The highest BCUT2D eigenvalue weighted by Gasteiger charge is 2.08. The Morgan fingerprint density at radius 3 is 2.68 bits per heavy atom. The van der Waals surface area contributed by atoms with Crippen molar-refractivity contribution in [3.8, 4) is 6.07 Å². The molecule has 96 valence electrons. The molecule has 0 unspecified atom stereocenters. The van der Waals surface area contributed by atoms with Crippen LogP contribution in [0.2, 0.25) is 0 Å². The lowest BCUT2D eigenvalue weighted by Gasteiger charge is -2.08. The summed E-state index contributed by atoms with van der Waals surface area (Å²) in [6.07, 6.45) is 1.59. The first kappa shape index (κ1) is 14.0. The third kappa shape index (κ3) is 3.11. The largest absolute Gasteiger partial charge is 0.309 e. The van der Waals surface area contributed by atoms with Gasteiger partial charge < -0.3 is 4.57 Å². The summed E-state index contributed by atoms with van der Waals surface area (Å²) in [6.45, 7) is 0.106. The minimum Gasteiger partial charge on any atom is -0.309 e. The van der Waals surface area contributed by atoms with Gasteiger partial charge >= 0.3 is 0 Å². The van der Waals surface area contributed by atoms with E-state index >= 15 is 0 Å². The molecule has 0 saturated heterocycles. The lowest BCUT2D eigenvalue weighted by atomic mass is 10.1. The molecule has 0 N–H and O–H groups in total. The number of rotatable bonds is 2. The van der Waals surface area contributed by atoms with Crippen molar-refractivity contribution in [2.45, 2.75) is 6.54 Å². The van der Waals surface area contributed by atoms with E-state index in [-0.39, 0.29) is 17.7 Å². The van der Waals surface area contributed by atoms with Gasteiger partial charge in [0.25, 0.3) is 5.56 Å². The zero-order valence-electron chi connectivity index (χ0n) is 9.53. The van der Waals surface area contributed by atoms with Gasteiger partial charge in [-0.1, -0.05) is 6.07 Å². The van der Waals surface area contributed by atoms with Crippen molar-refractivity contribution < 1.29 is 4.39 Å². The molecular weight excluding hydrogens is 379 g/mol. The quantitative estimate of drug-likeness (QED) is 0.794. The Morgan fingerprint density at radius 1 is 1.32 bits per heavy atom. The highest BCUT2D eigenvalue weighted by molar-refractivity contribution is 9.11. The second-order valence-electron chi connectivity index (χ2n) is 3.86. The smallest absolute Gasteiger partial charge is 0.265 e. The van der Waals surface area contributed by atoms with Crippen LogP contribution in [0.5, 0.6) is 0 Å². The first-order valence-corrected chi connectivity index (χ1v) is 6.84. The summed E-state index contributed by atoms with van der Waals surface area (Å²) in [5.74, 6) is -0.498. The molecule has 6 heteroatoms. The monoisotopic (exact) mass is 384 g/mol. The Labute approximate surface area is 125 Å². The van der Waals surface area contributed by atoms with Gasteiger partial charge in [0.05, 0.1) is 22.7 Å². The zero-order valence-corrected chi connectivity index (χ0v) is 12.7. The van der Waals surface area contributed by atoms with Crippen molar-refractivity contribution in [1.82, 2.24) is 4.57 Å². The van der Waals surface area contributed by atoms with Crippen LogP contribution >= 0.6 is 31.9 Å². The summed E-state index contributed by atoms with van der Waals surface area (Å²) < 4.78 is 16.3. The Balaban J connectivity index is 2.42. The van der Waals surface area contributed by atoms with Crippen LogP contribution in [0.3, 0.4) is 0 Å². The summed E-state index contributed by atoms with van der Waals surface area (Å²) in [5.41, 5.74) is 0.363. The first-order valence-electron chi connectivity index (χ1n) is 5.25. The SMILES string of the molecule is N#Cc1ccc(Cn2cc(Br)cc(Br)c2=O)c(F)c1. The number of hydrogen-bond acceptors (Lipinski definition) is 2. The van der Waals surface area contributed by atoms with E-state index in [1.807, 2.05) is 6.07 Å². The highest BCUT2D eigenvalue weighted by Crippen LogP contribution is 2.15. The van der Waals surface area contributed by atoms with Gasteiger partial charge in [-0.3, -0.25) is 4.79 Å². The van der Waals surface area contributed by atoms with Gasteiger partial charge in [-0.25, -0.2) is 4.39 Å². The van der Waals surface area contributed by atoms with Gasteiger partial charge in [0.15, 0.2) is 0 Å². The Bertz CT molecular complexity index is 734. The van der Waals surface area contributed by atoms with Crippen LogP contribution in [0.1, 0.15) is 11.1 Å². The molecule has 19 heavy (non-hydrogen) atoms. The first-order chi connectivity index (χ1) is 9.01. The molecule has 0 bridgehead atoms. The molecule has 0 spiro atoms.